The number of rotatable bonds is 2. The predicted molar refractivity (Wildman–Crippen MR) is 101 cm³/mol. The maximum atomic E-state index is 12.3. The third-order valence-corrected chi connectivity index (χ3v) is 5.50. The number of nitrogens with zero attached hydrogens (tertiary/aromatic N) is 2. The van der Waals surface area contributed by atoms with Crippen molar-refractivity contribution in [3.63, 3.8) is 0 Å². The number of hydrogen-bond acceptors (Lipinski definition) is 3. The standard InChI is InChI=1S/C19H25BrN2O3/c1-19(2,3)25-18(24)21-7-6-14-9-16(5-4-15(14)12-21)22-11-13(10-20)8-17(22)23/h4-5,9,13H,6-8,10-12H2,1-3H3. The van der Waals surface area contributed by atoms with E-state index >= 15 is 0 Å². The molecule has 2 amide bonds. The minimum Gasteiger partial charge on any atom is -0.444 e. The van der Waals surface area contributed by atoms with E-state index < -0.39 is 5.60 Å². The zero-order chi connectivity index (χ0) is 18.2. The van der Waals surface area contributed by atoms with Gasteiger partial charge in [0.2, 0.25) is 5.91 Å². The molecule has 1 atom stereocenters. The first-order valence-corrected chi connectivity index (χ1v) is 9.85. The third-order valence-electron chi connectivity index (χ3n) is 4.59. The lowest BCUT2D eigenvalue weighted by Gasteiger charge is -2.31. The Morgan fingerprint density at radius 2 is 2.08 bits per heavy atom. The number of alkyl halides is 1. The summed E-state index contributed by atoms with van der Waals surface area (Å²) in [5, 5.41) is 0.852. The average molecular weight is 409 g/mol. The largest absolute Gasteiger partial charge is 0.444 e. The number of anilines is 1. The molecule has 1 aromatic carbocycles. The molecule has 0 N–H and O–H groups in total. The van der Waals surface area contributed by atoms with E-state index in [-0.39, 0.29) is 12.0 Å². The molecule has 0 saturated carbocycles. The van der Waals surface area contributed by atoms with Crippen LogP contribution in [0, 0.1) is 5.92 Å². The summed E-state index contributed by atoms with van der Waals surface area (Å²) in [5.74, 6) is 0.571. The molecule has 2 aliphatic heterocycles. The van der Waals surface area contributed by atoms with Gasteiger partial charge >= 0.3 is 6.09 Å². The van der Waals surface area contributed by atoms with Crippen LogP contribution in [0.2, 0.25) is 0 Å². The predicted octanol–water partition coefficient (Wildman–Crippen LogP) is 3.73. The average Bonchev–Trinajstić information content (AvgIpc) is 2.93. The summed E-state index contributed by atoms with van der Waals surface area (Å²) in [5.41, 5.74) is 2.83. The fourth-order valence-electron chi connectivity index (χ4n) is 3.32. The van der Waals surface area contributed by atoms with Crippen LogP contribution < -0.4 is 4.90 Å². The van der Waals surface area contributed by atoms with Gasteiger partial charge in [0, 0.05) is 37.1 Å². The molecule has 6 heteroatoms. The summed E-state index contributed by atoms with van der Waals surface area (Å²) in [6.45, 7) is 7.60. The molecule has 0 aliphatic carbocycles. The number of fused-ring (bicyclic) bond motifs is 1. The van der Waals surface area contributed by atoms with Crippen LogP contribution in [0.25, 0.3) is 0 Å². The number of carbonyl (C=O) groups excluding carboxylic acids is 2. The molecule has 3 rings (SSSR count). The molecule has 0 bridgehead atoms. The molecule has 0 aromatic heterocycles. The van der Waals surface area contributed by atoms with E-state index in [0.717, 1.165) is 29.5 Å². The molecule has 1 saturated heterocycles. The van der Waals surface area contributed by atoms with Gasteiger partial charge in [-0.3, -0.25) is 4.79 Å². The molecule has 25 heavy (non-hydrogen) atoms. The summed E-state index contributed by atoms with van der Waals surface area (Å²) < 4.78 is 5.47. The van der Waals surface area contributed by atoms with Crippen molar-refractivity contribution in [2.75, 3.05) is 23.3 Å². The van der Waals surface area contributed by atoms with E-state index in [0.29, 0.717) is 25.4 Å². The van der Waals surface area contributed by atoms with Crippen molar-refractivity contribution in [1.82, 2.24) is 4.90 Å². The number of halogens is 1. The van der Waals surface area contributed by atoms with Crippen LogP contribution in [-0.4, -0.2) is 40.9 Å². The smallest absolute Gasteiger partial charge is 0.410 e. The molecular weight excluding hydrogens is 384 g/mol. The highest BCUT2D eigenvalue weighted by molar-refractivity contribution is 9.09. The van der Waals surface area contributed by atoms with Crippen molar-refractivity contribution >= 4 is 33.6 Å². The Morgan fingerprint density at radius 3 is 2.72 bits per heavy atom. The topological polar surface area (TPSA) is 49.9 Å². The molecule has 136 valence electrons. The molecular formula is C19H25BrN2O3. The van der Waals surface area contributed by atoms with E-state index in [2.05, 4.69) is 22.0 Å². The highest BCUT2D eigenvalue weighted by atomic mass is 79.9. The summed E-state index contributed by atoms with van der Waals surface area (Å²) in [6, 6.07) is 6.14. The molecule has 0 spiro atoms. The van der Waals surface area contributed by atoms with E-state index in [9.17, 15) is 9.59 Å². The van der Waals surface area contributed by atoms with E-state index in [4.69, 9.17) is 4.74 Å². The summed E-state index contributed by atoms with van der Waals surface area (Å²) in [4.78, 5) is 28.1. The van der Waals surface area contributed by atoms with Crippen molar-refractivity contribution < 1.29 is 14.3 Å². The van der Waals surface area contributed by atoms with Gasteiger partial charge in [0.05, 0.1) is 0 Å². The monoisotopic (exact) mass is 408 g/mol. The molecule has 1 fully saturated rings. The SMILES string of the molecule is CC(C)(C)OC(=O)N1CCc2cc(N3CC(CBr)CC3=O)ccc2C1. The maximum absolute atomic E-state index is 12.3. The number of hydrogen-bond donors (Lipinski definition) is 0. The fourth-order valence-corrected chi connectivity index (χ4v) is 3.76. The highest BCUT2D eigenvalue weighted by Crippen LogP contribution is 2.30. The highest BCUT2D eigenvalue weighted by Gasteiger charge is 2.31. The van der Waals surface area contributed by atoms with Gasteiger partial charge in [-0.2, -0.15) is 0 Å². The van der Waals surface area contributed by atoms with Gasteiger partial charge in [-0.15, -0.1) is 0 Å². The molecule has 2 aliphatic rings. The zero-order valence-electron chi connectivity index (χ0n) is 15.0. The normalized spacial score (nSPS) is 20.6. The van der Waals surface area contributed by atoms with E-state index in [1.165, 1.54) is 5.56 Å². The van der Waals surface area contributed by atoms with Gasteiger partial charge in [0.25, 0.3) is 0 Å². The fraction of sp³-hybridized carbons (Fsp3) is 0.579. The van der Waals surface area contributed by atoms with E-state index in [1.807, 2.05) is 37.8 Å². The third kappa shape index (κ3) is 4.17. The van der Waals surface area contributed by atoms with Gasteiger partial charge in [-0.1, -0.05) is 22.0 Å². The molecule has 2 heterocycles. The lowest BCUT2D eigenvalue weighted by molar-refractivity contribution is -0.117. The Hall–Kier alpha value is -1.56. The summed E-state index contributed by atoms with van der Waals surface area (Å²) in [7, 11) is 0. The van der Waals surface area contributed by atoms with E-state index in [1.54, 1.807) is 4.90 Å². The van der Waals surface area contributed by atoms with Crippen molar-refractivity contribution in [2.24, 2.45) is 5.92 Å². The first-order chi connectivity index (χ1) is 11.8. The van der Waals surface area contributed by atoms with Crippen LogP contribution in [0.3, 0.4) is 0 Å². The zero-order valence-corrected chi connectivity index (χ0v) is 16.6. The van der Waals surface area contributed by atoms with Gasteiger partial charge < -0.3 is 14.5 Å². The van der Waals surface area contributed by atoms with Crippen molar-refractivity contribution in [3.05, 3.63) is 29.3 Å². The Bertz CT molecular complexity index is 684. The van der Waals surface area contributed by atoms with Crippen molar-refractivity contribution in [3.8, 4) is 0 Å². The minimum absolute atomic E-state index is 0.190. The van der Waals surface area contributed by atoms with Crippen LogP contribution in [-0.2, 0) is 22.5 Å². The number of amides is 2. The molecule has 1 aromatic rings. The van der Waals surface area contributed by atoms with Gasteiger partial charge in [-0.05, 0) is 56.4 Å². The maximum Gasteiger partial charge on any atom is 0.410 e. The van der Waals surface area contributed by atoms with Crippen LogP contribution in [0.4, 0.5) is 10.5 Å². The summed E-state index contributed by atoms with van der Waals surface area (Å²) in [6.07, 6.45) is 1.12. The number of carbonyl (C=O) groups is 2. The molecule has 5 nitrogen and oxygen atoms in total. The van der Waals surface area contributed by atoms with Crippen LogP contribution >= 0.6 is 15.9 Å². The second kappa shape index (κ2) is 6.98. The minimum atomic E-state index is -0.483. The first kappa shape index (κ1) is 18.2. The Balaban J connectivity index is 1.72. The van der Waals surface area contributed by atoms with Crippen LogP contribution in [0.5, 0.6) is 0 Å². The Kier molecular flexibility index (Phi) is 5.09. The Morgan fingerprint density at radius 1 is 1.32 bits per heavy atom. The quantitative estimate of drug-likeness (QED) is 0.700. The van der Waals surface area contributed by atoms with Crippen molar-refractivity contribution in [1.29, 1.82) is 0 Å². The second-order valence-electron chi connectivity index (χ2n) is 7.83. The van der Waals surface area contributed by atoms with Gasteiger partial charge in [0.1, 0.15) is 5.60 Å². The lowest BCUT2D eigenvalue weighted by Crippen LogP contribution is -2.40. The number of benzene rings is 1. The second-order valence-corrected chi connectivity index (χ2v) is 8.48. The molecule has 1 unspecified atom stereocenters. The van der Waals surface area contributed by atoms with Gasteiger partial charge in [0.15, 0.2) is 0 Å². The van der Waals surface area contributed by atoms with Gasteiger partial charge in [-0.25, -0.2) is 4.79 Å². The lowest BCUT2D eigenvalue weighted by atomic mass is 9.99. The first-order valence-electron chi connectivity index (χ1n) is 8.73. The van der Waals surface area contributed by atoms with Crippen LogP contribution in [0.1, 0.15) is 38.3 Å². The Labute approximate surface area is 157 Å². The summed E-state index contributed by atoms with van der Waals surface area (Å²) >= 11 is 3.48. The number of ether oxygens (including phenoxy) is 1. The molecule has 0 radical (unpaired) electrons. The van der Waals surface area contributed by atoms with Crippen LogP contribution in [0.15, 0.2) is 18.2 Å². The van der Waals surface area contributed by atoms with Crippen molar-refractivity contribution in [2.45, 2.75) is 45.8 Å².